The zero-order valence-electron chi connectivity index (χ0n) is 23.1. The summed E-state index contributed by atoms with van der Waals surface area (Å²) in [6.07, 6.45) is 13.7. The maximum Gasteiger partial charge on any atom is 0.0886 e. The van der Waals surface area contributed by atoms with E-state index in [1.165, 1.54) is 17.3 Å². The van der Waals surface area contributed by atoms with E-state index in [4.69, 9.17) is 5.73 Å². The molecule has 3 aromatic heterocycles. The summed E-state index contributed by atoms with van der Waals surface area (Å²) in [5.74, 6) is 0. The van der Waals surface area contributed by atoms with Crippen molar-refractivity contribution in [2.45, 2.75) is 6.42 Å². The van der Waals surface area contributed by atoms with Gasteiger partial charge in [-0.25, -0.2) is 0 Å². The lowest BCUT2D eigenvalue weighted by Gasteiger charge is -2.13. The van der Waals surface area contributed by atoms with Gasteiger partial charge in [0.05, 0.1) is 11.4 Å². The van der Waals surface area contributed by atoms with Gasteiger partial charge in [-0.3, -0.25) is 15.0 Å². The van der Waals surface area contributed by atoms with Gasteiger partial charge >= 0.3 is 0 Å². The summed E-state index contributed by atoms with van der Waals surface area (Å²) < 4.78 is 0. The van der Waals surface area contributed by atoms with Crippen LogP contribution in [0.5, 0.6) is 0 Å². The van der Waals surface area contributed by atoms with Gasteiger partial charge in [-0.05, 0) is 82.1 Å². The lowest BCUT2D eigenvalue weighted by molar-refractivity contribution is 1.11. The third-order valence-electron chi connectivity index (χ3n) is 7.14. The van der Waals surface area contributed by atoms with Crippen molar-refractivity contribution in [2.75, 3.05) is 0 Å². The van der Waals surface area contributed by atoms with Gasteiger partial charge in [-0.2, -0.15) is 0 Å². The number of hydrogen-bond donors (Lipinski definition) is 1. The van der Waals surface area contributed by atoms with E-state index in [2.05, 4.69) is 106 Å². The fourth-order valence-corrected chi connectivity index (χ4v) is 5.00. The fourth-order valence-electron chi connectivity index (χ4n) is 5.00. The van der Waals surface area contributed by atoms with Crippen LogP contribution in [0.2, 0.25) is 0 Å². The van der Waals surface area contributed by atoms with Gasteiger partial charge in [0.15, 0.2) is 0 Å². The van der Waals surface area contributed by atoms with Crippen molar-refractivity contribution < 1.29 is 0 Å². The van der Waals surface area contributed by atoms with Crippen LogP contribution in [0.15, 0.2) is 158 Å². The third kappa shape index (κ3) is 6.08. The molecule has 3 heterocycles. The zero-order chi connectivity index (χ0) is 28.6. The van der Waals surface area contributed by atoms with Gasteiger partial charge in [0.1, 0.15) is 0 Å². The summed E-state index contributed by atoms with van der Waals surface area (Å²) in [4.78, 5) is 13.8. The van der Waals surface area contributed by atoms with E-state index in [9.17, 15) is 0 Å². The average Bonchev–Trinajstić information content (AvgIpc) is 3.08. The highest BCUT2D eigenvalue weighted by atomic mass is 14.8. The molecule has 3 aromatic carbocycles. The molecule has 2 N–H and O–H groups in total. The molecule has 4 nitrogen and oxygen atoms in total. The van der Waals surface area contributed by atoms with Crippen LogP contribution in [0.4, 0.5) is 0 Å². The third-order valence-corrected chi connectivity index (χ3v) is 7.14. The molecule has 0 aliphatic rings. The smallest absolute Gasteiger partial charge is 0.0886 e. The first-order chi connectivity index (χ1) is 20.8. The molecule has 0 atom stereocenters. The van der Waals surface area contributed by atoms with Crippen LogP contribution in [0.25, 0.3) is 55.9 Å². The van der Waals surface area contributed by atoms with Gasteiger partial charge in [0.25, 0.3) is 0 Å². The molecule has 202 valence electrons. The molecule has 6 aromatic rings. The van der Waals surface area contributed by atoms with Gasteiger partial charge in [0.2, 0.25) is 0 Å². The Balaban J connectivity index is 1.28. The predicted molar refractivity (Wildman–Crippen MR) is 173 cm³/mol. The van der Waals surface area contributed by atoms with Crippen LogP contribution in [0, 0.1) is 0 Å². The molecular formula is C38H30N4. The number of rotatable bonds is 8. The van der Waals surface area contributed by atoms with Gasteiger partial charge in [-0.1, -0.05) is 91.0 Å². The molecule has 0 bridgehead atoms. The van der Waals surface area contributed by atoms with Crippen molar-refractivity contribution in [1.82, 2.24) is 15.0 Å². The second-order valence-electron chi connectivity index (χ2n) is 9.91. The maximum absolute atomic E-state index is 5.39. The molecule has 0 aliphatic heterocycles. The summed E-state index contributed by atoms with van der Waals surface area (Å²) in [5, 5.41) is 0. The lowest BCUT2D eigenvalue weighted by atomic mass is 9.91. The largest absolute Gasteiger partial charge is 0.405 e. The Bertz CT molecular complexity index is 1840. The molecule has 42 heavy (non-hydrogen) atoms. The minimum absolute atomic E-state index is 0.765. The summed E-state index contributed by atoms with van der Waals surface area (Å²) in [7, 11) is 0. The van der Waals surface area contributed by atoms with E-state index in [1.54, 1.807) is 6.20 Å². The minimum Gasteiger partial charge on any atom is -0.405 e. The number of nitrogens with zero attached hydrogens (tertiary/aromatic N) is 3. The Labute approximate surface area is 246 Å². The van der Waals surface area contributed by atoms with Crippen LogP contribution in [-0.4, -0.2) is 15.0 Å². The van der Waals surface area contributed by atoms with Crippen molar-refractivity contribution in [1.29, 1.82) is 0 Å². The first-order valence-corrected chi connectivity index (χ1v) is 13.9. The van der Waals surface area contributed by atoms with Crippen LogP contribution in [0.1, 0.15) is 5.69 Å². The number of hydrogen-bond acceptors (Lipinski definition) is 4. The van der Waals surface area contributed by atoms with E-state index < -0.39 is 0 Å². The molecular weight excluding hydrogens is 512 g/mol. The standard InChI is InChI=1S/C38H30N4/c39-22-6-1-2-14-34-20-18-32(26-41-34)28-10-8-12-30(24-28)35-15-3-4-16-36(35)31-13-9-11-29(25-31)33-19-21-38(42-27-33)37-17-5-7-23-40-37/h1-13,15-27H,14,39H2/b2-1-,22-6-. The molecule has 0 amide bonds. The average molecular weight is 543 g/mol. The SMILES string of the molecule is N/C=C\C=C/Cc1ccc(-c2cccc(-c3ccccc3-c3cccc(-c4ccc(-c5ccccn5)nc4)c3)c2)cn1. The fraction of sp³-hybridized carbons (Fsp3) is 0.0263. The van der Waals surface area contributed by atoms with Gasteiger partial charge in [0, 0.05) is 41.8 Å². The molecule has 0 unspecified atom stereocenters. The molecule has 4 heteroatoms. The molecule has 0 spiro atoms. The van der Waals surface area contributed by atoms with Crippen molar-refractivity contribution in [3.05, 3.63) is 164 Å². The van der Waals surface area contributed by atoms with Crippen molar-refractivity contribution in [3.63, 3.8) is 0 Å². The Morgan fingerprint density at radius 1 is 0.500 bits per heavy atom. The summed E-state index contributed by atoms with van der Waals surface area (Å²) in [6.45, 7) is 0. The normalized spacial score (nSPS) is 11.3. The molecule has 0 aliphatic carbocycles. The Morgan fingerprint density at radius 2 is 1.12 bits per heavy atom. The number of benzene rings is 3. The Kier molecular flexibility index (Phi) is 8.05. The highest BCUT2D eigenvalue weighted by molar-refractivity contribution is 5.86. The van der Waals surface area contributed by atoms with Crippen LogP contribution in [0.3, 0.4) is 0 Å². The number of allylic oxidation sites excluding steroid dienone is 3. The zero-order valence-corrected chi connectivity index (χ0v) is 23.1. The number of pyridine rings is 3. The van der Waals surface area contributed by atoms with Gasteiger partial charge < -0.3 is 5.73 Å². The van der Waals surface area contributed by atoms with Crippen molar-refractivity contribution in [3.8, 4) is 55.9 Å². The highest BCUT2D eigenvalue weighted by Crippen LogP contribution is 2.35. The molecule has 0 saturated carbocycles. The quantitative estimate of drug-likeness (QED) is 0.195. The van der Waals surface area contributed by atoms with Crippen LogP contribution < -0.4 is 5.73 Å². The number of aromatic nitrogens is 3. The molecule has 0 radical (unpaired) electrons. The minimum atomic E-state index is 0.765. The number of nitrogens with two attached hydrogens (primary N) is 1. The molecule has 0 saturated heterocycles. The second kappa shape index (κ2) is 12.7. The van der Waals surface area contributed by atoms with Crippen LogP contribution >= 0.6 is 0 Å². The summed E-state index contributed by atoms with van der Waals surface area (Å²) >= 11 is 0. The lowest BCUT2D eigenvalue weighted by Crippen LogP contribution is -1.90. The molecule has 6 rings (SSSR count). The summed E-state index contributed by atoms with van der Waals surface area (Å²) in [5.41, 5.74) is 17.2. The predicted octanol–water partition coefficient (Wildman–Crippen LogP) is 8.78. The van der Waals surface area contributed by atoms with E-state index in [1.807, 2.05) is 54.9 Å². The second-order valence-corrected chi connectivity index (χ2v) is 9.91. The van der Waals surface area contributed by atoms with E-state index in [-0.39, 0.29) is 0 Å². The van der Waals surface area contributed by atoms with Crippen molar-refractivity contribution in [2.24, 2.45) is 5.73 Å². The monoisotopic (exact) mass is 542 g/mol. The van der Waals surface area contributed by atoms with E-state index in [0.717, 1.165) is 56.9 Å². The topological polar surface area (TPSA) is 64.7 Å². The van der Waals surface area contributed by atoms with E-state index in [0.29, 0.717) is 0 Å². The van der Waals surface area contributed by atoms with Gasteiger partial charge in [-0.15, -0.1) is 0 Å². The van der Waals surface area contributed by atoms with E-state index >= 15 is 0 Å². The molecule has 0 fully saturated rings. The Hall–Kier alpha value is -5.61. The highest BCUT2D eigenvalue weighted by Gasteiger charge is 2.10. The van der Waals surface area contributed by atoms with Crippen molar-refractivity contribution >= 4 is 0 Å². The Morgan fingerprint density at radius 3 is 1.69 bits per heavy atom. The maximum atomic E-state index is 5.39. The summed E-state index contributed by atoms with van der Waals surface area (Å²) in [6, 6.07) is 40.1. The first kappa shape index (κ1) is 26.6. The van der Waals surface area contributed by atoms with Crippen LogP contribution in [-0.2, 0) is 6.42 Å². The first-order valence-electron chi connectivity index (χ1n) is 13.9.